The van der Waals surface area contributed by atoms with E-state index < -0.39 is 12.3 Å². The molecule has 4 N–H and O–H groups in total. The average Bonchev–Trinajstić information content (AvgIpc) is 2.73. The molecule has 6 heteroatoms. The summed E-state index contributed by atoms with van der Waals surface area (Å²) in [5.41, 5.74) is 2.23. The average molecular weight is 418 g/mol. The molecule has 166 valence electrons. The molecular weight excluding hydrogens is 382 g/mol. The van der Waals surface area contributed by atoms with Gasteiger partial charge in [-0.2, -0.15) is 0 Å². The Morgan fingerprint density at radius 1 is 0.867 bits per heavy atom. The van der Waals surface area contributed by atoms with Crippen LogP contribution in [0.4, 0.5) is 0 Å². The van der Waals surface area contributed by atoms with Crippen molar-refractivity contribution < 1.29 is 24.8 Å². The Labute approximate surface area is 179 Å². The van der Waals surface area contributed by atoms with E-state index in [9.17, 15) is 15.3 Å². The first kappa shape index (κ1) is 24.3. The van der Waals surface area contributed by atoms with E-state index in [1.165, 1.54) is 5.56 Å². The van der Waals surface area contributed by atoms with Crippen LogP contribution in [0.1, 0.15) is 31.4 Å². The second-order valence-corrected chi connectivity index (χ2v) is 7.80. The van der Waals surface area contributed by atoms with Crippen LogP contribution < -0.4 is 5.32 Å². The number of hydrogen-bond acceptors (Lipinski definition) is 6. The first-order chi connectivity index (χ1) is 14.4. The standard InChI is InChI=1S/C24H35NO5/c1-18(26)15-30-19(2)16-29-17-22(14-21-8-11-23(27)12-9-21)25-24(28)13-10-20-6-4-3-5-7-20/h3-9,11-12,18-19,22,24-28H,10,13-17H2,1-2H3/t18-,19+,22-,24?/m0/s1. The van der Waals surface area contributed by atoms with Gasteiger partial charge in [0.15, 0.2) is 0 Å². The van der Waals surface area contributed by atoms with Crippen LogP contribution >= 0.6 is 0 Å². The summed E-state index contributed by atoms with van der Waals surface area (Å²) in [4.78, 5) is 0. The van der Waals surface area contributed by atoms with E-state index in [2.05, 4.69) is 17.4 Å². The highest BCUT2D eigenvalue weighted by molar-refractivity contribution is 5.26. The van der Waals surface area contributed by atoms with Crippen molar-refractivity contribution in [2.24, 2.45) is 0 Å². The summed E-state index contributed by atoms with van der Waals surface area (Å²) >= 11 is 0. The number of aliphatic hydroxyl groups is 2. The van der Waals surface area contributed by atoms with Crippen molar-refractivity contribution in [3.63, 3.8) is 0 Å². The molecule has 0 saturated heterocycles. The fraction of sp³-hybridized carbons (Fsp3) is 0.500. The molecule has 0 aromatic heterocycles. The van der Waals surface area contributed by atoms with Crippen LogP contribution in [0.2, 0.25) is 0 Å². The Bertz CT molecular complexity index is 693. The maximum atomic E-state index is 10.5. The van der Waals surface area contributed by atoms with Gasteiger partial charge < -0.3 is 24.8 Å². The SMILES string of the molecule is C[C@H](O)CO[C@H](C)COC[C@H](Cc1ccc(O)cc1)NC(O)CCc1ccccc1. The fourth-order valence-electron chi connectivity index (χ4n) is 3.11. The molecule has 0 amide bonds. The second-order valence-electron chi connectivity index (χ2n) is 7.80. The number of aromatic hydroxyl groups is 1. The Morgan fingerprint density at radius 3 is 2.23 bits per heavy atom. The number of phenols is 1. The maximum absolute atomic E-state index is 10.5. The van der Waals surface area contributed by atoms with Crippen molar-refractivity contribution in [3.05, 3.63) is 65.7 Å². The molecule has 0 radical (unpaired) electrons. The lowest BCUT2D eigenvalue weighted by molar-refractivity contribution is -0.0418. The lowest BCUT2D eigenvalue weighted by Gasteiger charge is -2.24. The zero-order chi connectivity index (χ0) is 21.8. The van der Waals surface area contributed by atoms with Crippen LogP contribution in [0.15, 0.2) is 54.6 Å². The second kappa shape index (κ2) is 13.4. The summed E-state index contributed by atoms with van der Waals surface area (Å²) < 4.78 is 11.3. The molecule has 6 nitrogen and oxygen atoms in total. The third kappa shape index (κ3) is 10.2. The summed E-state index contributed by atoms with van der Waals surface area (Å²) in [5.74, 6) is 0.228. The molecule has 0 spiro atoms. The molecule has 2 aromatic rings. The number of rotatable bonds is 14. The largest absolute Gasteiger partial charge is 0.508 e. The Kier molecular flexibility index (Phi) is 10.8. The van der Waals surface area contributed by atoms with Crippen molar-refractivity contribution in [2.75, 3.05) is 19.8 Å². The van der Waals surface area contributed by atoms with Gasteiger partial charge in [-0.05, 0) is 56.4 Å². The number of benzene rings is 2. The molecule has 0 aliphatic carbocycles. The number of phenolic OH excluding ortho intramolecular Hbond substituents is 1. The van der Waals surface area contributed by atoms with Crippen LogP contribution in [0.5, 0.6) is 5.75 Å². The van der Waals surface area contributed by atoms with Crippen LogP contribution in [-0.2, 0) is 22.3 Å². The Balaban J connectivity index is 1.85. The molecular formula is C24H35NO5. The van der Waals surface area contributed by atoms with Crippen LogP contribution in [0.25, 0.3) is 0 Å². The molecule has 0 fully saturated rings. The van der Waals surface area contributed by atoms with Gasteiger partial charge >= 0.3 is 0 Å². The first-order valence-electron chi connectivity index (χ1n) is 10.6. The highest BCUT2D eigenvalue weighted by Gasteiger charge is 2.16. The van der Waals surface area contributed by atoms with Crippen molar-refractivity contribution in [1.82, 2.24) is 5.32 Å². The zero-order valence-electron chi connectivity index (χ0n) is 17.9. The minimum atomic E-state index is -0.653. The van der Waals surface area contributed by atoms with Gasteiger partial charge in [0.2, 0.25) is 0 Å². The molecule has 0 aliphatic heterocycles. The zero-order valence-corrected chi connectivity index (χ0v) is 17.9. The smallest absolute Gasteiger partial charge is 0.115 e. The topological polar surface area (TPSA) is 91.2 Å². The third-order valence-corrected chi connectivity index (χ3v) is 4.69. The Morgan fingerprint density at radius 2 is 1.57 bits per heavy atom. The molecule has 2 aromatic carbocycles. The van der Waals surface area contributed by atoms with Crippen molar-refractivity contribution in [1.29, 1.82) is 0 Å². The van der Waals surface area contributed by atoms with Crippen molar-refractivity contribution >= 4 is 0 Å². The van der Waals surface area contributed by atoms with Gasteiger partial charge in [-0.15, -0.1) is 0 Å². The summed E-state index contributed by atoms with van der Waals surface area (Å²) in [6.45, 7) is 4.67. The lowest BCUT2D eigenvalue weighted by atomic mass is 10.0. The predicted molar refractivity (Wildman–Crippen MR) is 117 cm³/mol. The number of aryl methyl sites for hydroxylation is 1. The predicted octanol–water partition coefficient (Wildman–Crippen LogP) is 2.65. The number of aliphatic hydroxyl groups excluding tert-OH is 2. The van der Waals surface area contributed by atoms with E-state index in [0.29, 0.717) is 26.1 Å². The van der Waals surface area contributed by atoms with Crippen molar-refractivity contribution in [3.8, 4) is 5.75 Å². The summed E-state index contributed by atoms with van der Waals surface area (Å²) in [6, 6.07) is 17.0. The molecule has 0 saturated carbocycles. The molecule has 0 aliphatic rings. The van der Waals surface area contributed by atoms with Gasteiger partial charge in [0.05, 0.1) is 32.0 Å². The normalized spacial score (nSPS) is 15.5. The molecule has 2 rings (SSSR count). The van der Waals surface area contributed by atoms with E-state index in [1.54, 1.807) is 19.1 Å². The van der Waals surface area contributed by atoms with Crippen molar-refractivity contribution in [2.45, 2.75) is 57.6 Å². The van der Waals surface area contributed by atoms with E-state index in [0.717, 1.165) is 12.0 Å². The Hall–Kier alpha value is -1.96. The monoisotopic (exact) mass is 417 g/mol. The van der Waals surface area contributed by atoms with Gasteiger partial charge in [0, 0.05) is 6.04 Å². The van der Waals surface area contributed by atoms with Gasteiger partial charge in [-0.25, -0.2) is 0 Å². The highest BCUT2D eigenvalue weighted by atomic mass is 16.5. The minimum absolute atomic E-state index is 0.0933. The van der Waals surface area contributed by atoms with E-state index in [4.69, 9.17) is 9.47 Å². The molecule has 4 atom stereocenters. The lowest BCUT2D eigenvalue weighted by Crippen LogP contribution is -2.43. The van der Waals surface area contributed by atoms with Gasteiger partial charge in [0.25, 0.3) is 0 Å². The molecule has 0 heterocycles. The summed E-state index contributed by atoms with van der Waals surface area (Å²) in [5, 5.41) is 32.6. The highest BCUT2D eigenvalue weighted by Crippen LogP contribution is 2.12. The number of ether oxygens (including phenoxy) is 2. The first-order valence-corrected chi connectivity index (χ1v) is 10.6. The van der Waals surface area contributed by atoms with Crippen LogP contribution in [-0.4, -0.2) is 59.6 Å². The van der Waals surface area contributed by atoms with Crippen LogP contribution in [0, 0.1) is 0 Å². The van der Waals surface area contributed by atoms with Gasteiger partial charge in [0.1, 0.15) is 12.0 Å². The van der Waals surface area contributed by atoms with E-state index in [-0.39, 0.29) is 24.5 Å². The van der Waals surface area contributed by atoms with Gasteiger partial charge in [-0.3, -0.25) is 5.32 Å². The number of nitrogens with one attached hydrogen (secondary N) is 1. The maximum Gasteiger partial charge on any atom is 0.115 e. The third-order valence-electron chi connectivity index (χ3n) is 4.69. The molecule has 0 bridgehead atoms. The van der Waals surface area contributed by atoms with E-state index in [1.807, 2.05) is 37.3 Å². The summed E-state index contributed by atoms with van der Waals surface area (Å²) in [7, 11) is 0. The molecule has 1 unspecified atom stereocenters. The fourth-order valence-corrected chi connectivity index (χ4v) is 3.11. The molecule has 30 heavy (non-hydrogen) atoms. The van der Waals surface area contributed by atoms with Gasteiger partial charge in [-0.1, -0.05) is 42.5 Å². The van der Waals surface area contributed by atoms with Crippen LogP contribution in [0.3, 0.4) is 0 Å². The number of hydrogen-bond donors (Lipinski definition) is 4. The minimum Gasteiger partial charge on any atom is -0.508 e. The summed E-state index contributed by atoms with van der Waals surface area (Å²) in [6.07, 6.45) is 0.759. The van der Waals surface area contributed by atoms with E-state index >= 15 is 0 Å². The quantitative estimate of drug-likeness (QED) is 0.353.